The third-order valence-corrected chi connectivity index (χ3v) is 8.38. The van der Waals surface area contributed by atoms with Gasteiger partial charge >= 0.3 is 12.1 Å². The second kappa shape index (κ2) is 11.2. The van der Waals surface area contributed by atoms with Gasteiger partial charge in [-0.15, -0.1) is 0 Å². The standard InChI is InChI=1S/C30H36ClFN6O3/c1-30(2,3)41-29(39)38-20-11-12-21(38)17-37(16-20)27-23-14-33-26(31)24(32)25(23)34-28(35-27)40-18-22-10-7-13-36(22)15-19-8-5-4-6-9-19/h4-6,8-9,14,20-22H,7,10-13,15-18H2,1-3H3/t20?,21?,22-/m0/s1. The molecule has 9 nitrogen and oxygen atoms in total. The Bertz CT molecular complexity index is 1410. The zero-order chi connectivity index (χ0) is 28.7. The summed E-state index contributed by atoms with van der Waals surface area (Å²) in [7, 11) is 0. The van der Waals surface area contributed by atoms with Crippen LogP contribution >= 0.6 is 11.6 Å². The summed E-state index contributed by atoms with van der Waals surface area (Å²) in [6, 6.07) is 10.6. The van der Waals surface area contributed by atoms with Crippen LogP contribution in [0.15, 0.2) is 36.5 Å². The van der Waals surface area contributed by atoms with E-state index in [0.717, 1.165) is 38.8 Å². The number of carbonyl (C=O) groups excluding carboxylic acids is 1. The van der Waals surface area contributed by atoms with Gasteiger partial charge in [-0.3, -0.25) is 9.80 Å². The van der Waals surface area contributed by atoms with Crippen molar-refractivity contribution in [2.75, 3.05) is 31.1 Å². The van der Waals surface area contributed by atoms with E-state index >= 15 is 4.39 Å². The van der Waals surface area contributed by atoms with E-state index in [2.05, 4.69) is 44.0 Å². The SMILES string of the molecule is CC(C)(C)OC(=O)N1C2CCC1CN(c1nc(OC[C@@H]3CCCN3Cc3ccccc3)nc3c(F)c(Cl)ncc13)C2. The van der Waals surface area contributed by atoms with Crippen LogP contribution in [-0.4, -0.2) is 80.8 Å². The average Bonchev–Trinajstić information content (AvgIpc) is 3.49. The van der Waals surface area contributed by atoms with Crippen LogP contribution in [-0.2, 0) is 11.3 Å². The molecule has 6 rings (SSSR count). The van der Waals surface area contributed by atoms with Gasteiger partial charge in [0, 0.05) is 31.9 Å². The molecule has 3 saturated heterocycles. The number of likely N-dealkylation sites (tertiary alicyclic amines) is 1. The van der Waals surface area contributed by atoms with Crippen LogP contribution in [0.1, 0.15) is 52.0 Å². The van der Waals surface area contributed by atoms with Gasteiger partial charge < -0.3 is 14.4 Å². The van der Waals surface area contributed by atoms with Crippen molar-refractivity contribution in [2.24, 2.45) is 0 Å². The van der Waals surface area contributed by atoms with E-state index in [-0.39, 0.29) is 40.9 Å². The van der Waals surface area contributed by atoms with Crippen LogP contribution in [0.25, 0.3) is 10.9 Å². The van der Waals surface area contributed by atoms with Gasteiger partial charge in [0.15, 0.2) is 11.0 Å². The number of piperazine rings is 1. The molecule has 3 aliphatic heterocycles. The lowest BCUT2D eigenvalue weighted by Gasteiger charge is -2.42. The van der Waals surface area contributed by atoms with Crippen LogP contribution in [0.5, 0.6) is 6.01 Å². The molecule has 0 spiro atoms. The molecule has 1 aromatic carbocycles. The summed E-state index contributed by atoms with van der Waals surface area (Å²) in [5.74, 6) is -0.152. The molecule has 1 amide bonds. The number of hydrogen-bond donors (Lipinski definition) is 0. The normalized spacial score (nSPS) is 22.9. The highest BCUT2D eigenvalue weighted by atomic mass is 35.5. The van der Waals surface area contributed by atoms with Gasteiger partial charge in [0.25, 0.3) is 0 Å². The number of nitrogens with zero attached hydrogens (tertiary/aromatic N) is 6. The van der Waals surface area contributed by atoms with Crippen molar-refractivity contribution < 1.29 is 18.7 Å². The number of benzene rings is 1. The van der Waals surface area contributed by atoms with Crippen molar-refractivity contribution >= 4 is 34.4 Å². The number of carbonyl (C=O) groups is 1. The Labute approximate surface area is 244 Å². The highest BCUT2D eigenvalue weighted by Gasteiger charge is 2.45. The van der Waals surface area contributed by atoms with Crippen LogP contribution < -0.4 is 9.64 Å². The predicted molar refractivity (Wildman–Crippen MR) is 155 cm³/mol. The Morgan fingerprint density at radius 3 is 2.54 bits per heavy atom. The third kappa shape index (κ3) is 5.90. The largest absolute Gasteiger partial charge is 0.462 e. The Balaban J connectivity index is 1.24. The fourth-order valence-corrected chi connectivity index (χ4v) is 6.41. The summed E-state index contributed by atoms with van der Waals surface area (Å²) in [6.45, 7) is 8.94. The molecule has 218 valence electrons. The third-order valence-electron chi connectivity index (χ3n) is 8.12. The van der Waals surface area contributed by atoms with E-state index in [0.29, 0.717) is 30.9 Å². The fraction of sp³-hybridized carbons (Fsp3) is 0.533. The molecule has 2 bridgehead atoms. The summed E-state index contributed by atoms with van der Waals surface area (Å²) in [4.78, 5) is 32.6. The van der Waals surface area contributed by atoms with E-state index < -0.39 is 11.4 Å². The van der Waals surface area contributed by atoms with Crippen LogP contribution in [0.3, 0.4) is 0 Å². The number of anilines is 1. The molecule has 2 aromatic heterocycles. The second-order valence-corrected chi connectivity index (χ2v) is 12.6. The predicted octanol–water partition coefficient (Wildman–Crippen LogP) is 5.45. The minimum Gasteiger partial charge on any atom is -0.462 e. The van der Waals surface area contributed by atoms with Crippen molar-refractivity contribution in [3.8, 4) is 6.01 Å². The van der Waals surface area contributed by atoms with E-state index in [4.69, 9.17) is 26.1 Å². The molecule has 0 radical (unpaired) electrons. The van der Waals surface area contributed by atoms with Gasteiger partial charge in [-0.1, -0.05) is 41.9 Å². The number of aromatic nitrogens is 3. The Kier molecular flexibility index (Phi) is 7.63. The molecule has 41 heavy (non-hydrogen) atoms. The second-order valence-electron chi connectivity index (χ2n) is 12.2. The molecule has 3 aromatic rings. The zero-order valence-corrected chi connectivity index (χ0v) is 24.5. The number of pyridine rings is 1. The first-order chi connectivity index (χ1) is 19.7. The van der Waals surface area contributed by atoms with Crippen molar-refractivity contribution in [1.82, 2.24) is 24.8 Å². The van der Waals surface area contributed by atoms with Crippen LogP contribution in [0.2, 0.25) is 5.15 Å². The quantitative estimate of drug-likeness (QED) is 0.355. The summed E-state index contributed by atoms with van der Waals surface area (Å²) in [5, 5.41) is 0.226. The van der Waals surface area contributed by atoms with Crippen LogP contribution in [0.4, 0.5) is 15.0 Å². The van der Waals surface area contributed by atoms with Crippen LogP contribution in [0, 0.1) is 5.82 Å². The number of rotatable bonds is 6. The summed E-state index contributed by atoms with van der Waals surface area (Å²) in [5.41, 5.74) is 0.772. The first-order valence-electron chi connectivity index (χ1n) is 14.3. The minimum absolute atomic E-state index is 0.0341. The van der Waals surface area contributed by atoms with Gasteiger partial charge in [0.05, 0.1) is 17.5 Å². The van der Waals surface area contributed by atoms with E-state index in [1.54, 1.807) is 0 Å². The number of hydrogen-bond acceptors (Lipinski definition) is 8. The van der Waals surface area contributed by atoms with Crippen molar-refractivity contribution in [3.05, 3.63) is 53.1 Å². The lowest BCUT2D eigenvalue weighted by molar-refractivity contribution is 0.0122. The number of fused-ring (bicyclic) bond motifs is 3. The molecular formula is C30H36ClFN6O3. The summed E-state index contributed by atoms with van der Waals surface area (Å²) in [6.07, 6.45) is 5.05. The molecule has 0 N–H and O–H groups in total. The Morgan fingerprint density at radius 1 is 1.10 bits per heavy atom. The summed E-state index contributed by atoms with van der Waals surface area (Å²) < 4.78 is 27.1. The lowest BCUT2D eigenvalue weighted by atomic mass is 10.1. The average molecular weight is 583 g/mol. The maximum absolute atomic E-state index is 15.2. The minimum atomic E-state index is -0.695. The van der Waals surface area contributed by atoms with Gasteiger partial charge in [0.1, 0.15) is 23.5 Å². The number of halogens is 2. The maximum Gasteiger partial charge on any atom is 0.410 e. The lowest BCUT2D eigenvalue weighted by Crippen LogP contribution is -2.57. The number of amides is 1. The van der Waals surface area contributed by atoms with E-state index in [1.165, 1.54) is 11.8 Å². The topological polar surface area (TPSA) is 83.9 Å². The first-order valence-corrected chi connectivity index (χ1v) is 14.7. The molecule has 11 heteroatoms. The molecule has 3 aliphatic rings. The molecule has 2 unspecified atom stereocenters. The number of ether oxygens (including phenoxy) is 2. The highest BCUT2D eigenvalue weighted by molar-refractivity contribution is 6.30. The highest BCUT2D eigenvalue weighted by Crippen LogP contribution is 2.37. The van der Waals surface area contributed by atoms with Gasteiger partial charge in [0.2, 0.25) is 0 Å². The molecule has 3 fully saturated rings. The van der Waals surface area contributed by atoms with Crippen molar-refractivity contribution in [1.29, 1.82) is 0 Å². The fourth-order valence-electron chi connectivity index (χ4n) is 6.27. The zero-order valence-electron chi connectivity index (χ0n) is 23.7. The molecule has 0 saturated carbocycles. The molecular weight excluding hydrogens is 547 g/mol. The maximum atomic E-state index is 15.2. The van der Waals surface area contributed by atoms with Crippen molar-refractivity contribution in [2.45, 2.75) is 76.7 Å². The van der Waals surface area contributed by atoms with E-state index in [9.17, 15) is 4.79 Å². The monoisotopic (exact) mass is 582 g/mol. The van der Waals surface area contributed by atoms with Crippen molar-refractivity contribution in [3.63, 3.8) is 0 Å². The molecule has 0 aliphatic carbocycles. The van der Waals surface area contributed by atoms with Gasteiger partial charge in [-0.2, -0.15) is 9.97 Å². The Morgan fingerprint density at radius 2 is 1.83 bits per heavy atom. The summed E-state index contributed by atoms with van der Waals surface area (Å²) >= 11 is 6.05. The first kappa shape index (κ1) is 27.9. The van der Waals surface area contributed by atoms with E-state index in [1.807, 2.05) is 31.7 Å². The Hall–Kier alpha value is -3.24. The van der Waals surface area contributed by atoms with Gasteiger partial charge in [-0.05, 0) is 58.6 Å². The molecule has 3 atom stereocenters. The van der Waals surface area contributed by atoms with Gasteiger partial charge in [-0.25, -0.2) is 14.2 Å². The molecule has 5 heterocycles. The smallest absolute Gasteiger partial charge is 0.410 e.